The van der Waals surface area contributed by atoms with E-state index in [2.05, 4.69) is 4.74 Å². The summed E-state index contributed by atoms with van der Waals surface area (Å²) in [5, 5.41) is 0. The van der Waals surface area contributed by atoms with Crippen molar-refractivity contribution in [1.29, 1.82) is 0 Å². The highest BCUT2D eigenvalue weighted by molar-refractivity contribution is 5.78. The molecule has 1 unspecified atom stereocenters. The third-order valence-corrected chi connectivity index (χ3v) is 3.26. The summed E-state index contributed by atoms with van der Waals surface area (Å²) < 4.78 is 17.4. The fraction of sp³-hybridized carbons (Fsp3) is 0.417. The van der Waals surface area contributed by atoms with Crippen LogP contribution in [0.2, 0.25) is 0 Å². The van der Waals surface area contributed by atoms with Gasteiger partial charge >= 0.3 is 5.97 Å². The van der Waals surface area contributed by atoms with Gasteiger partial charge in [-0.05, 0) is 30.5 Å². The molecule has 16 heavy (non-hydrogen) atoms. The van der Waals surface area contributed by atoms with Crippen molar-refractivity contribution >= 4 is 5.97 Å². The van der Waals surface area contributed by atoms with E-state index in [4.69, 9.17) is 5.73 Å². The van der Waals surface area contributed by atoms with Gasteiger partial charge in [-0.25, -0.2) is 4.39 Å². The monoisotopic (exact) mass is 223 g/mol. The van der Waals surface area contributed by atoms with Crippen LogP contribution in [-0.2, 0) is 14.9 Å². The SMILES string of the molecule is COC(=O)C(N)C1(c2ccc(F)cc2)CC1. The number of ether oxygens (including phenoxy) is 1. The first kappa shape index (κ1) is 11.1. The molecule has 2 N–H and O–H groups in total. The minimum Gasteiger partial charge on any atom is -0.468 e. The van der Waals surface area contributed by atoms with E-state index in [9.17, 15) is 9.18 Å². The van der Waals surface area contributed by atoms with Gasteiger partial charge in [-0.3, -0.25) is 4.79 Å². The van der Waals surface area contributed by atoms with Gasteiger partial charge in [0.2, 0.25) is 0 Å². The average Bonchev–Trinajstić information content (AvgIpc) is 3.09. The van der Waals surface area contributed by atoms with Crippen molar-refractivity contribution in [2.24, 2.45) is 5.73 Å². The summed E-state index contributed by atoms with van der Waals surface area (Å²) in [6, 6.07) is 5.48. The van der Waals surface area contributed by atoms with E-state index in [1.54, 1.807) is 12.1 Å². The van der Waals surface area contributed by atoms with Gasteiger partial charge in [0.05, 0.1) is 7.11 Å². The number of nitrogens with two attached hydrogens (primary N) is 1. The molecule has 1 fully saturated rings. The van der Waals surface area contributed by atoms with Crippen molar-refractivity contribution in [2.75, 3.05) is 7.11 Å². The molecule has 86 valence electrons. The number of rotatable bonds is 3. The average molecular weight is 223 g/mol. The summed E-state index contributed by atoms with van der Waals surface area (Å²) in [4.78, 5) is 11.4. The molecule has 0 aliphatic heterocycles. The summed E-state index contributed by atoms with van der Waals surface area (Å²) in [5.74, 6) is -0.701. The smallest absolute Gasteiger partial charge is 0.323 e. The molecular formula is C12H14FNO2. The van der Waals surface area contributed by atoms with Gasteiger partial charge in [0.25, 0.3) is 0 Å². The predicted molar refractivity (Wildman–Crippen MR) is 57.3 cm³/mol. The van der Waals surface area contributed by atoms with Crippen molar-refractivity contribution in [2.45, 2.75) is 24.3 Å². The zero-order chi connectivity index (χ0) is 11.8. The van der Waals surface area contributed by atoms with E-state index in [-0.39, 0.29) is 11.2 Å². The number of carbonyl (C=O) groups excluding carboxylic acids is 1. The maximum Gasteiger partial charge on any atom is 0.323 e. The van der Waals surface area contributed by atoms with Gasteiger partial charge in [-0.15, -0.1) is 0 Å². The van der Waals surface area contributed by atoms with Crippen LogP contribution in [0.15, 0.2) is 24.3 Å². The molecule has 0 spiro atoms. The molecule has 0 bridgehead atoms. The lowest BCUT2D eigenvalue weighted by Crippen LogP contribution is -2.42. The van der Waals surface area contributed by atoms with E-state index in [0.717, 1.165) is 18.4 Å². The molecule has 0 amide bonds. The van der Waals surface area contributed by atoms with E-state index in [0.29, 0.717) is 0 Å². The minimum absolute atomic E-state index is 0.286. The second-order valence-electron chi connectivity index (χ2n) is 4.16. The summed E-state index contributed by atoms with van der Waals surface area (Å²) in [6.45, 7) is 0. The number of halogens is 1. The predicted octanol–water partition coefficient (Wildman–Crippen LogP) is 1.36. The van der Waals surface area contributed by atoms with Crippen LogP contribution in [-0.4, -0.2) is 19.1 Å². The summed E-state index contributed by atoms with van der Waals surface area (Å²) in [5.41, 5.74) is 6.43. The fourth-order valence-electron chi connectivity index (χ4n) is 2.05. The second-order valence-corrected chi connectivity index (χ2v) is 4.16. The maximum atomic E-state index is 12.8. The molecule has 0 heterocycles. The first-order valence-electron chi connectivity index (χ1n) is 5.19. The molecule has 0 saturated heterocycles. The number of esters is 1. The zero-order valence-electron chi connectivity index (χ0n) is 9.07. The Bertz CT molecular complexity index is 398. The summed E-state index contributed by atoms with van der Waals surface area (Å²) >= 11 is 0. The molecular weight excluding hydrogens is 209 g/mol. The number of carbonyl (C=O) groups is 1. The van der Waals surface area contributed by atoms with E-state index in [1.807, 2.05) is 0 Å². The Morgan fingerprint density at radius 3 is 2.44 bits per heavy atom. The molecule has 0 radical (unpaired) electrons. The Labute approximate surface area is 93.4 Å². The summed E-state index contributed by atoms with van der Waals surface area (Å²) in [7, 11) is 1.32. The Morgan fingerprint density at radius 1 is 1.44 bits per heavy atom. The molecule has 1 aromatic rings. The Balaban J connectivity index is 2.26. The highest BCUT2D eigenvalue weighted by Crippen LogP contribution is 2.50. The number of methoxy groups -OCH3 is 1. The topological polar surface area (TPSA) is 52.3 Å². The molecule has 0 aromatic heterocycles. The Kier molecular flexibility index (Phi) is 2.68. The molecule has 1 saturated carbocycles. The van der Waals surface area contributed by atoms with Gasteiger partial charge in [0.15, 0.2) is 0 Å². The lowest BCUT2D eigenvalue weighted by molar-refractivity contribution is -0.143. The van der Waals surface area contributed by atoms with Crippen molar-refractivity contribution in [3.8, 4) is 0 Å². The van der Waals surface area contributed by atoms with Crippen molar-refractivity contribution in [3.63, 3.8) is 0 Å². The minimum atomic E-state index is -0.664. The second kappa shape index (κ2) is 3.87. The van der Waals surface area contributed by atoms with Crippen LogP contribution in [0.1, 0.15) is 18.4 Å². The van der Waals surface area contributed by atoms with Crippen LogP contribution in [0.5, 0.6) is 0 Å². The third-order valence-electron chi connectivity index (χ3n) is 3.26. The molecule has 1 aromatic carbocycles. The highest BCUT2D eigenvalue weighted by Gasteiger charge is 2.52. The van der Waals surface area contributed by atoms with E-state index < -0.39 is 12.0 Å². The Morgan fingerprint density at radius 2 is 2.00 bits per heavy atom. The quantitative estimate of drug-likeness (QED) is 0.787. The maximum absolute atomic E-state index is 12.8. The summed E-state index contributed by atoms with van der Waals surface area (Å²) in [6.07, 6.45) is 1.68. The van der Waals surface area contributed by atoms with Gasteiger partial charge < -0.3 is 10.5 Å². The fourth-order valence-corrected chi connectivity index (χ4v) is 2.05. The van der Waals surface area contributed by atoms with E-state index in [1.165, 1.54) is 19.2 Å². The Hall–Kier alpha value is -1.42. The first-order valence-corrected chi connectivity index (χ1v) is 5.19. The number of benzene rings is 1. The largest absolute Gasteiger partial charge is 0.468 e. The molecule has 1 atom stereocenters. The van der Waals surface area contributed by atoms with Crippen molar-refractivity contribution < 1.29 is 13.9 Å². The van der Waals surface area contributed by atoms with Gasteiger partial charge in [0, 0.05) is 5.41 Å². The van der Waals surface area contributed by atoms with Crippen molar-refractivity contribution in [1.82, 2.24) is 0 Å². The van der Waals surface area contributed by atoms with Crippen LogP contribution in [0.3, 0.4) is 0 Å². The van der Waals surface area contributed by atoms with Crippen LogP contribution < -0.4 is 5.73 Å². The highest BCUT2D eigenvalue weighted by atomic mass is 19.1. The van der Waals surface area contributed by atoms with Gasteiger partial charge in [-0.2, -0.15) is 0 Å². The number of hydrogen-bond donors (Lipinski definition) is 1. The van der Waals surface area contributed by atoms with E-state index >= 15 is 0 Å². The normalized spacial score (nSPS) is 18.9. The van der Waals surface area contributed by atoms with Gasteiger partial charge in [-0.1, -0.05) is 12.1 Å². The van der Waals surface area contributed by atoms with Crippen LogP contribution in [0.25, 0.3) is 0 Å². The lowest BCUT2D eigenvalue weighted by atomic mass is 9.88. The standard InChI is InChI=1S/C12H14FNO2/c1-16-11(15)10(14)12(6-7-12)8-2-4-9(13)5-3-8/h2-5,10H,6-7,14H2,1H3. The molecule has 1 aliphatic rings. The molecule has 2 rings (SSSR count). The zero-order valence-corrected chi connectivity index (χ0v) is 9.07. The third kappa shape index (κ3) is 1.69. The lowest BCUT2D eigenvalue weighted by Gasteiger charge is -2.21. The van der Waals surface area contributed by atoms with Crippen LogP contribution in [0, 0.1) is 5.82 Å². The van der Waals surface area contributed by atoms with Crippen LogP contribution >= 0.6 is 0 Å². The molecule has 4 heteroatoms. The molecule has 1 aliphatic carbocycles. The first-order chi connectivity index (χ1) is 7.60. The van der Waals surface area contributed by atoms with Crippen LogP contribution in [0.4, 0.5) is 4.39 Å². The van der Waals surface area contributed by atoms with Gasteiger partial charge in [0.1, 0.15) is 11.9 Å². The number of hydrogen-bond acceptors (Lipinski definition) is 3. The molecule has 3 nitrogen and oxygen atoms in total. The van der Waals surface area contributed by atoms with Crippen molar-refractivity contribution in [3.05, 3.63) is 35.6 Å².